The number of hydrogen-bond donors (Lipinski definition) is 0. The minimum Gasteiger partial charge on any atom is -1.00 e. The molecular weight excluding hydrogens is 517 g/mol. The van der Waals surface area contributed by atoms with Gasteiger partial charge in [-0.15, -0.1) is 0 Å². The van der Waals surface area contributed by atoms with Gasteiger partial charge in [-0.25, -0.2) is 0 Å². The Morgan fingerprint density at radius 3 is 1.62 bits per heavy atom. The zero-order valence-electron chi connectivity index (χ0n) is 9.71. The Morgan fingerprint density at radius 1 is 0.938 bits per heavy atom. The monoisotopic (exact) mass is 533 g/mol. The van der Waals surface area contributed by atoms with E-state index in [1.54, 1.807) is 0 Å². The van der Waals surface area contributed by atoms with E-state index >= 15 is 0 Å². The first-order chi connectivity index (χ1) is 6.79. The Balaban J connectivity index is 0.00000112. The van der Waals surface area contributed by atoms with Crippen LogP contribution in [-0.2, 0) is 20.9 Å². The van der Waals surface area contributed by atoms with Crippen molar-refractivity contribution >= 4 is 5.92 Å². The molecule has 16 heavy (non-hydrogen) atoms. The normalized spacial score (nSPS) is 16.7. The van der Waals surface area contributed by atoms with Crippen LogP contribution in [0.15, 0.2) is 43.0 Å². The van der Waals surface area contributed by atoms with E-state index in [2.05, 4.69) is 49.6 Å². The molecule has 87 valence electrons. The third kappa shape index (κ3) is 4.32. The van der Waals surface area contributed by atoms with Crippen molar-refractivity contribution in [3.05, 3.63) is 43.0 Å². The largest absolute Gasteiger partial charge is 1.00 e. The molecule has 2 rings (SSSR count). The summed E-state index contributed by atoms with van der Waals surface area (Å²) in [5, 5.41) is 0. The quantitative estimate of drug-likeness (QED) is 0.273. The Hall–Kier alpha value is 1.52. The van der Waals surface area contributed by atoms with Crippen LogP contribution in [0.5, 0.6) is 0 Å². The van der Waals surface area contributed by atoms with Crippen LogP contribution < -0.4 is 48.0 Å². The zero-order chi connectivity index (χ0) is 9.97. The summed E-state index contributed by atoms with van der Waals surface area (Å²) in [6, 6.07) is 0. The second-order valence-corrected chi connectivity index (χ2v) is 23.6. The molecule has 0 nitrogen and oxygen atoms in total. The van der Waals surface area contributed by atoms with Gasteiger partial charge in [0.05, 0.1) is 0 Å². The maximum absolute atomic E-state index is 2.55. The van der Waals surface area contributed by atoms with E-state index in [1.165, 1.54) is 12.8 Å². The van der Waals surface area contributed by atoms with Gasteiger partial charge in [0.15, 0.2) is 0 Å². The van der Waals surface area contributed by atoms with Gasteiger partial charge in [-0.05, 0) is 0 Å². The van der Waals surface area contributed by atoms with Crippen molar-refractivity contribution in [1.82, 2.24) is 0 Å². The number of allylic oxidation sites excluding steroid dienone is 8. The van der Waals surface area contributed by atoms with Crippen LogP contribution in [0.3, 0.4) is 0 Å². The molecule has 0 heterocycles. The first-order valence-corrected chi connectivity index (χ1v) is 15.0. The fourth-order valence-corrected chi connectivity index (χ4v) is 21.2. The second kappa shape index (κ2) is 8.59. The Labute approximate surface area is 142 Å². The smallest absolute Gasteiger partial charge is 1.00 e. The van der Waals surface area contributed by atoms with E-state index < -0.39 is 26.8 Å². The van der Waals surface area contributed by atoms with Crippen molar-refractivity contribution in [3.63, 3.8) is 0 Å². The van der Waals surface area contributed by atoms with Crippen molar-refractivity contribution in [2.75, 3.05) is 0 Å². The fourth-order valence-electron chi connectivity index (χ4n) is 2.24. The molecule has 0 unspecified atom stereocenters. The predicted octanol–water partition coefficient (Wildman–Crippen LogP) is -2.72. The number of rotatable bonds is 3. The number of halogens is 2. The maximum atomic E-state index is 2.55. The van der Waals surface area contributed by atoms with E-state index in [9.17, 15) is 0 Å². The molecule has 0 bridgehead atoms. The Bertz CT molecular complexity index is 313. The molecule has 0 aromatic carbocycles. The molecule has 0 radical (unpaired) electrons. The second-order valence-electron chi connectivity index (χ2n) is 4.22. The van der Waals surface area contributed by atoms with Gasteiger partial charge in [0.1, 0.15) is 0 Å². The molecular formula is C12H17I2SiZr. The standard InChI is InChI=1S/2C5H5.C2H7Si.2HI.Zr/c2*1-2-4-5-3-1;1-3-2;;;/h2*1-3H,4H2;3H,1-2H3;2*1H;/q;;;;;+2/p-2. The van der Waals surface area contributed by atoms with E-state index in [0.29, 0.717) is 0 Å². The molecule has 0 N–H and O–H groups in total. The van der Waals surface area contributed by atoms with E-state index in [4.69, 9.17) is 0 Å². The molecule has 2 aliphatic rings. The van der Waals surface area contributed by atoms with Crippen molar-refractivity contribution in [2.45, 2.75) is 25.9 Å². The van der Waals surface area contributed by atoms with Crippen LogP contribution in [0.2, 0.25) is 13.1 Å². The molecule has 0 saturated heterocycles. The molecule has 0 amide bonds. The van der Waals surface area contributed by atoms with E-state index in [0.717, 1.165) is 0 Å². The van der Waals surface area contributed by atoms with Crippen molar-refractivity contribution in [3.8, 4) is 0 Å². The predicted molar refractivity (Wildman–Crippen MR) is 62.6 cm³/mol. The third-order valence-corrected chi connectivity index (χ3v) is 22.1. The summed E-state index contributed by atoms with van der Waals surface area (Å²) in [5.41, 5.74) is 0. The summed E-state index contributed by atoms with van der Waals surface area (Å²) in [4.78, 5) is 0. The fraction of sp³-hybridized carbons (Fsp3) is 0.333. The van der Waals surface area contributed by atoms with Crippen molar-refractivity contribution < 1.29 is 68.9 Å². The molecule has 0 atom stereocenters. The van der Waals surface area contributed by atoms with Crippen LogP contribution in [0.1, 0.15) is 12.8 Å². The van der Waals surface area contributed by atoms with Gasteiger partial charge in [-0.1, -0.05) is 0 Å². The first-order valence-electron chi connectivity index (χ1n) is 5.38. The first kappa shape index (κ1) is 17.5. The van der Waals surface area contributed by atoms with Crippen molar-refractivity contribution in [2.24, 2.45) is 0 Å². The Morgan fingerprint density at radius 2 is 1.38 bits per heavy atom. The summed E-state index contributed by atoms with van der Waals surface area (Å²) in [6.45, 7) is 5.10. The summed E-state index contributed by atoms with van der Waals surface area (Å²) >= 11 is -1.29. The zero-order valence-corrected chi connectivity index (χ0v) is 17.6. The van der Waals surface area contributed by atoms with Gasteiger partial charge in [0, 0.05) is 0 Å². The average molecular weight is 534 g/mol. The minimum atomic E-state index is -1.29. The van der Waals surface area contributed by atoms with Crippen LogP contribution >= 0.6 is 0 Å². The SMILES string of the molecule is C[SiH](C)[Zr+2]([C]1=CC=CC1)[C]1=CC=CC1.[I-].[I-]. The molecule has 4 heteroatoms. The summed E-state index contributed by atoms with van der Waals surface area (Å²) in [6.07, 6.45) is 16.6. The van der Waals surface area contributed by atoms with Gasteiger partial charge in [0.2, 0.25) is 0 Å². The molecule has 0 spiro atoms. The molecule has 0 aromatic rings. The molecule has 0 aliphatic heterocycles. The maximum Gasteiger partial charge on any atom is -1.00 e. The third-order valence-electron chi connectivity index (χ3n) is 2.81. The topological polar surface area (TPSA) is 0 Å². The van der Waals surface area contributed by atoms with Gasteiger partial charge in [-0.3, -0.25) is 0 Å². The molecule has 0 fully saturated rings. The van der Waals surface area contributed by atoms with Crippen molar-refractivity contribution in [1.29, 1.82) is 0 Å². The summed E-state index contributed by atoms with van der Waals surface area (Å²) < 4.78 is 3.70. The average Bonchev–Trinajstić information content (AvgIpc) is 2.75. The van der Waals surface area contributed by atoms with E-state index in [-0.39, 0.29) is 48.0 Å². The molecule has 2 aliphatic carbocycles. The van der Waals surface area contributed by atoms with Gasteiger partial charge >= 0.3 is 95.8 Å². The van der Waals surface area contributed by atoms with Crippen LogP contribution in [0, 0.1) is 0 Å². The van der Waals surface area contributed by atoms with Crippen LogP contribution in [-0.4, -0.2) is 5.92 Å². The molecule has 0 aromatic heterocycles. The summed E-state index contributed by atoms with van der Waals surface area (Å²) in [7, 11) is 0. The number of hydrogen-bond acceptors (Lipinski definition) is 0. The van der Waals surface area contributed by atoms with E-state index in [1.807, 2.05) is 6.56 Å². The Kier molecular flexibility index (Phi) is 9.41. The van der Waals surface area contributed by atoms with Gasteiger partial charge < -0.3 is 48.0 Å². The minimum absolute atomic E-state index is 0. The van der Waals surface area contributed by atoms with Gasteiger partial charge in [0.25, 0.3) is 0 Å². The van der Waals surface area contributed by atoms with Crippen LogP contribution in [0.4, 0.5) is 0 Å². The van der Waals surface area contributed by atoms with Gasteiger partial charge in [-0.2, -0.15) is 0 Å². The molecule has 0 saturated carbocycles. The summed E-state index contributed by atoms with van der Waals surface area (Å²) in [5.74, 6) is -0.412. The van der Waals surface area contributed by atoms with Crippen LogP contribution in [0.25, 0.3) is 0 Å².